The van der Waals surface area contributed by atoms with Crippen LogP contribution in [0.1, 0.15) is 49.6 Å². The molecule has 0 amide bonds. The van der Waals surface area contributed by atoms with Gasteiger partial charge in [-0.15, -0.1) is 0 Å². The van der Waals surface area contributed by atoms with E-state index in [2.05, 4.69) is 5.10 Å². The highest BCUT2D eigenvalue weighted by Crippen LogP contribution is 2.21. The van der Waals surface area contributed by atoms with Crippen molar-refractivity contribution < 1.29 is 4.79 Å². The average Bonchev–Trinajstić information content (AvgIpc) is 2.60. The molecule has 0 aliphatic rings. The largest absolute Gasteiger partial charge is 0.330 e. The second kappa shape index (κ2) is 6.01. The molecule has 90 valence electrons. The van der Waals surface area contributed by atoms with E-state index in [9.17, 15) is 4.79 Å². The Morgan fingerprint density at radius 2 is 2.25 bits per heavy atom. The molecule has 0 saturated carbocycles. The molecule has 0 spiro atoms. The lowest BCUT2D eigenvalue weighted by atomic mass is 10.1. The Labute approximate surface area is 101 Å². The van der Waals surface area contributed by atoms with Crippen molar-refractivity contribution >= 4 is 17.4 Å². The highest BCUT2D eigenvalue weighted by atomic mass is 35.5. The van der Waals surface area contributed by atoms with Gasteiger partial charge in [0.25, 0.3) is 0 Å². The number of aromatic nitrogens is 2. The number of rotatable bonds is 6. The van der Waals surface area contributed by atoms with Crippen molar-refractivity contribution in [1.29, 1.82) is 0 Å². The third-order valence-electron chi connectivity index (χ3n) is 2.36. The van der Waals surface area contributed by atoms with E-state index >= 15 is 0 Å². The van der Waals surface area contributed by atoms with Crippen LogP contribution >= 0.6 is 11.6 Å². The Morgan fingerprint density at radius 3 is 2.81 bits per heavy atom. The fourth-order valence-electron chi connectivity index (χ4n) is 1.54. The summed E-state index contributed by atoms with van der Waals surface area (Å²) >= 11 is 5.97. The summed E-state index contributed by atoms with van der Waals surface area (Å²) in [7, 11) is 0. The molecule has 0 saturated heterocycles. The first-order valence-corrected chi connectivity index (χ1v) is 5.92. The molecule has 0 aliphatic heterocycles. The van der Waals surface area contributed by atoms with Crippen molar-refractivity contribution in [3.8, 4) is 0 Å². The SMILES string of the molecule is CC(C)n1ncc(Cl)c1C(=O)CCCCN. The molecule has 1 aromatic heterocycles. The molecule has 2 N–H and O–H groups in total. The maximum Gasteiger partial charge on any atom is 0.182 e. The van der Waals surface area contributed by atoms with E-state index in [0.29, 0.717) is 23.7 Å². The van der Waals surface area contributed by atoms with E-state index in [1.807, 2.05) is 13.8 Å². The molecule has 1 aromatic rings. The lowest BCUT2D eigenvalue weighted by Crippen LogP contribution is -2.13. The van der Waals surface area contributed by atoms with Gasteiger partial charge in [0.2, 0.25) is 0 Å². The molecule has 4 nitrogen and oxygen atoms in total. The number of hydrogen-bond donors (Lipinski definition) is 1. The van der Waals surface area contributed by atoms with Gasteiger partial charge in [0.15, 0.2) is 5.78 Å². The van der Waals surface area contributed by atoms with Crippen LogP contribution in [0.15, 0.2) is 6.20 Å². The van der Waals surface area contributed by atoms with Gasteiger partial charge in [-0.05, 0) is 33.2 Å². The van der Waals surface area contributed by atoms with Gasteiger partial charge < -0.3 is 5.73 Å². The second-order valence-corrected chi connectivity index (χ2v) is 4.46. The molecule has 1 rings (SSSR count). The first kappa shape index (κ1) is 13.2. The first-order valence-electron chi connectivity index (χ1n) is 5.54. The molecule has 0 radical (unpaired) electrons. The third kappa shape index (κ3) is 3.06. The third-order valence-corrected chi connectivity index (χ3v) is 2.64. The van der Waals surface area contributed by atoms with Crippen LogP contribution in [0.2, 0.25) is 5.02 Å². The van der Waals surface area contributed by atoms with Crippen LogP contribution in [0, 0.1) is 0 Å². The Bertz CT molecular complexity index is 360. The molecule has 5 heteroatoms. The number of Topliss-reactive ketones (excluding diaryl/α,β-unsaturated/α-hetero) is 1. The van der Waals surface area contributed by atoms with Crippen LogP contribution in [0.4, 0.5) is 0 Å². The van der Waals surface area contributed by atoms with Gasteiger partial charge in [0.1, 0.15) is 5.69 Å². The van der Waals surface area contributed by atoms with Crippen molar-refractivity contribution in [3.05, 3.63) is 16.9 Å². The summed E-state index contributed by atoms with van der Waals surface area (Å²) in [6.45, 7) is 4.56. The smallest absolute Gasteiger partial charge is 0.182 e. The van der Waals surface area contributed by atoms with E-state index < -0.39 is 0 Å². The molecular weight excluding hydrogens is 226 g/mol. The zero-order valence-electron chi connectivity index (χ0n) is 9.74. The van der Waals surface area contributed by atoms with Gasteiger partial charge in [0.05, 0.1) is 11.2 Å². The Hall–Kier alpha value is -0.870. The topological polar surface area (TPSA) is 60.9 Å². The van der Waals surface area contributed by atoms with Gasteiger partial charge in [-0.3, -0.25) is 9.48 Å². The van der Waals surface area contributed by atoms with E-state index in [1.54, 1.807) is 4.68 Å². The van der Waals surface area contributed by atoms with Gasteiger partial charge in [-0.25, -0.2) is 0 Å². The minimum absolute atomic E-state index is 0.0460. The van der Waals surface area contributed by atoms with Crippen LogP contribution in [-0.4, -0.2) is 22.1 Å². The highest BCUT2D eigenvalue weighted by Gasteiger charge is 2.18. The Morgan fingerprint density at radius 1 is 1.56 bits per heavy atom. The van der Waals surface area contributed by atoms with Crippen molar-refractivity contribution in [2.24, 2.45) is 5.73 Å². The number of carbonyl (C=O) groups excluding carboxylic acids is 1. The average molecular weight is 244 g/mol. The maximum absolute atomic E-state index is 11.9. The molecule has 0 bridgehead atoms. The standard InChI is InChI=1S/C11H18ClN3O/c1-8(2)15-11(9(12)7-14-15)10(16)5-3-4-6-13/h7-8H,3-6,13H2,1-2H3. The summed E-state index contributed by atoms with van der Waals surface area (Å²) in [6, 6.07) is 0.140. The van der Waals surface area contributed by atoms with Crippen LogP contribution in [0.5, 0.6) is 0 Å². The van der Waals surface area contributed by atoms with Crippen LogP contribution in [0.3, 0.4) is 0 Å². The number of unbranched alkanes of at least 4 members (excludes halogenated alkanes) is 1. The Balaban J connectivity index is 2.77. The van der Waals surface area contributed by atoms with Gasteiger partial charge in [-0.2, -0.15) is 5.10 Å². The lowest BCUT2D eigenvalue weighted by molar-refractivity contribution is 0.0967. The fraction of sp³-hybridized carbons (Fsp3) is 0.636. The van der Waals surface area contributed by atoms with E-state index in [-0.39, 0.29) is 11.8 Å². The van der Waals surface area contributed by atoms with Gasteiger partial charge in [0, 0.05) is 12.5 Å². The molecule has 16 heavy (non-hydrogen) atoms. The molecule has 0 fully saturated rings. The molecule has 0 unspecified atom stereocenters. The summed E-state index contributed by atoms with van der Waals surface area (Å²) in [5, 5.41) is 4.54. The van der Waals surface area contributed by atoms with Crippen molar-refractivity contribution in [2.75, 3.05) is 6.54 Å². The number of carbonyl (C=O) groups is 1. The normalized spacial score (nSPS) is 11.1. The number of ketones is 1. The fourth-order valence-corrected chi connectivity index (χ4v) is 1.78. The molecule has 0 aliphatic carbocycles. The van der Waals surface area contributed by atoms with Crippen LogP contribution in [0.25, 0.3) is 0 Å². The number of hydrogen-bond acceptors (Lipinski definition) is 3. The molecule has 0 aromatic carbocycles. The number of nitrogens with zero attached hydrogens (tertiary/aromatic N) is 2. The Kier molecular flexibility index (Phi) is 4.96. The van der Waals surface area contributed by atoms with Gasteiger partial charge >= 0.3 is 0 Å². The lowest BCUT2D eigenvalue weighted by Gasteiger charge is -2.10. The van der Waals surface area contributed by atoms with Crippen molar-refractivity contribution in [3.63, 3.8) is 0 Å². The van der Waals surface area contributed by atoms with E-state index in [0.717, 1.165) is 12.8 Å². The monoisotopic (exact) mass is 243 g/mol. The number of halogens is 1. The summed E-state index contributed by atoms with van der Waals surface area (Å²) < 4.78 is 1.67. The second-order valence-electron chi connectivity index (χ2n) is 4.05. The molecule has 0 atom stereocenters. The van der Waals surface area contributed by atoms with Gasteiger partial charge in [-0.1, -0.05) is 11.6 Å². The van der Waals surface area contributed by atoms with Crippen LogP contribution in [-0.2, 0) is 0 Å². The predicted octanol–water partition coefficient (Wildman–Crippen LogP) is 2.43. The zero-order chi connectivity index (χ0) is 12.1. The minimum Gasteiger partial charge on any atom is -0.330 e. The van der Waals surface area contributed by atoms with Crippen LogP contribution < -0.4 is 5.73 Å². The predicted molar refractivity (Wildman–Crippen MR) is 64.9 cm³/mol. The maximum atomic E-state index is 11.9. The highest BCUT2D eigenvalue weighted by molar-refractivity contribution is 6.33. The first-order chi connectivity index (χ1) is 7.57. The summed E-state index contributed by atoms with van der Waals surface area (Å²) in [5.74, 6) is 0.0460. The zero-order valence-corrected chi connectivity index (χ0v) is 10.5. The van der Waals surface area contributed by atoms with Crippen molar-refractivity contribution in [1.82, 2.24) is 9.78 Å². The van der Waals surface area contributed by atoms with Crippen molar-refractivity contribution in [2.45, 2.75) is 39.2 Å². The number of nitrogens with two attached hydrogens (primary N) is 1. The summed E-state index contributed by atoms with van der Waals surface area (Å²) in [5.41, 5.74) is 5.91. The summed E-state index contributed by atoms with van der Waals surface area (Å²) in [6.07, 6.45) is 3.67. The summed E-state index contributed by atoms with van der Waals surface area (Å²) in [4.78, 5) is 11.9. The van der Waals surface area contributed by atoms with E-state index in [4.69, 9.17) is 17.3 Å². The quantitative estimate of drug-likeness (QED) is 0.617. The van der Waals surface area contributed by atoms with E-state index in [1.165, 1.54) is 6.20 Å². The molecule has 1 heterocycles. The minimum atomic E-state index is 0.0460. The molecular formula is C11H18ClN3O.